The van der Waals surface area contributed by atoms with Crippen molar-refractivity contribution in [1.29, 1.82) is 0 Å². The predicted octanol–water partition coefficient (Wildman–Crippen LogP) is 27.2. The van der Waals surface area contributed by atoms with E-state index in [1.165, 1.54) is 16.7 Å². The number of halogens is 5. The molecule has 7 aromatic carbocycles. The Bertz CT molecular complexity index is 5740. The third-order valence-corrected chi connectivity index (χ3v) is 20.6. The fourth-order valence-corrected chi connectivity index (χ4v) is 13.2. The number of fused-ring (bicyclic) bond motifs is 6. The maximum Gasteiger partial charge on any atom is 0.522 e. The molecule has 656 valence electrons. The summed E-state index contributed by atoms with van der Waals surface area (Å²) in [5.41, 5.74) is 19.3. The van der Waals surface area contributed by atoms with Gasteiger partial charge in [0.1, 0.15) is 17.2 Å². The van der Waals surface area contributed by atoms with Gasteiger partial charge in [-0.2, -0.15) is 21.6 Å². The molecule has 0 aliphatic rings. The minimum Gasteiger partial charge on any atom is -0.486 e. The molecule has 9 aromatic heterocycles. The Morgan fingerprint density at radius 3 is 1.03 bits per heavy atom. The smallest absolute Gasteiger partial charge is 0.486 e. The number of alkyl halides is 3. The summed E-state index contributed by atoms with van der Waals surface area (Å²) in [4.78, 5) is 31.2. The van der Waals surface area contributed by atoms with Crippen LogP contribution in [0.3, 0.4) is 0 Å². The summed E-state index contributed by atoms with van der Waals surface area (Å²) in [7, 11) is -3.84. The van der Waals surface area contributed by atoms with Gasteiger partial charge in [0.15, 0.2) is 0 Å². The van der Waals surface area contributed by atoms with Crippen LogP contribution in [-0.4, -0.2) is 77.8 Å². The molecule has 125 heavy (non-hydrogen) atoms. The van der Waals surface area contributed by atoms with Gasteiger partial charge in [-0.15, -0.1) is 124 Å². The zero-order chi connectivity index (χ0) is 89.6. The van der Waals surface area contributed by atoms with Crippen LogP contribution < -0.4 is 0 Å². The maximum atomic E-state index is 15.1. The number of aryl methyl sites for hydroxylation is 2. The average molecular weight is 2060 g/mol. The van der Waals surface area contributed by atoms with E-state index in [0.717, 1.165) is 159 Å². The van der Waals surface area contributed by atoms with Gasteiger partial charge in [0.25, 0.3) is 0 Å². The first kappa shape index (κ1) is 101. The number of benzene rings is 7. The van der Waals surface area contributed by atoms with Crippen LogP contribution in [0.25, 0.3) is 123 Å². The van der Waals surface area contributed by atoms with E-state index in [9.17, 15) is 13.2 Å². The van der Waals surface area contributed by atoms with E-state index in [1.807, 2.05) is 215 Å². The molecular weight excluding hydrogens is 1960 g/mol. The Kier molecular flexibility index (Phi) is 37.8. The average Bonchev–Trinajstić information content (AvgIpc) is 1.59. The number of aromatic nitrogens is 7. The summed E-state index contributed by atoms with van der Waals surface area (Å²) >= 11 is 0. The number of rotatable bonds is 14. The zero-order valence-corrected chi connectivity index (χ0v) is 78.8. The molecule has 0 saturated carbocycles. The monoisotopic (exact) mass is 2060 g/mol. The van der Waals surface area contributed by atoms with Crippen molar-refractivity contribution in [1.82, 2.24) is 34.9 Å². The molecule has 0 spiro atoms. The number of pyridine rings is 7. The molecule has 16 rings (SSSR count). The van der Waals surface area contributed by atoms with Gasteiger partial charge in [-0.3, -0.25) is 9.54 Å². The van der Waals surface area contributed by atoms with Crippen molar-refractivity contribution in [3.05, 3.63) is 330 Å². The summed E-state index contributed by atoms with van der Waals surface area (Å²) in [6, 6.07) is 83.7. The van der Waals surface area contributed by atoms with Gasteiger partial charge >= 0.3 is 15.6 Å². The molecule has 9 heterocycles. The summed E-state index contributed by atoms with van der Waals surface area (Å²) < 4.78 is 100. The number of aliphatic hydroxyl groups is 2. The van der Waals surface area contributed by atoms with Gasteiger partial charge in [0.2, 0.25) is 11.4 Å². The first-order valence-corrected chi connectivity index (χ1v) is 42.0. The molecule has 16 aromatic rings. The number of aliphatic hydroxyl groups excluding tert-OH is 2. The van der Waals surface area contributed by atoms with Gasteiger partial charge in [-0.1, -0.05) is 180 Å². The number of para-hydroxylation sites is 1. The number of hydrogen-bond donors (Lipinski definition) is 3. The number of furan rings is 2. The molecular formula is C103H104F5Ir2N7O7S-4. The third-order valence-electron chi connectivity index (χ3n) is 20.0. The second-order valence-electron chi connectivity index (χ2n) is 31.1. The summed E-state index contributed by atoms with van der Waals surface area (Å²) in [6.45, 7) is 33.2. The van der Waals surface area contributed by atoms with Crippen LogP contribution >= 0.6 is 0 Å². The first-order valence-electron chi connectivity index (χ1n) is 40.5. The zero-order valence-electron chi connectivity index (χ0n) is 73.2. The number of hydrogen-bond acceptors (Lipinski definition) is 13. The molecule has 14 nitrogen and oxygen atoms in total. The molecule has 0 atom stereocenters. The van der Waals surface area contributed by atoms with Crippen molar-refractivity contribution in [2.24, 2.45) is 0 Å². The normalized spacial score (nSPS) is 11.1. The SMILES string of the molecule is CC(C)c1c[c-]c(-c2ccccn2)cc1.CC(C)c1c[c-]c(-c2ccccn2)cc1.CC(C)c1c[c-]c(-c2ccccn2)cc1.CO.CO.Cc1ccc2c(n1)oc1c(-c3cc(-c4cc(C(C)C)c(F)c(C(C)C)c4)ccn3)[c-]ccc12.Cc1ccc2c(n1)oc1c(-c3cc(-c4cc(C(C)C)c(F)c(C(C)C)c4)ccn3)cccc12.O=S(=O)(O)C(F)(F)F.[Ir].[Ir]. The molecule has 0 amide bonds. The fraction of sp³-hybridized carbons (Fsp3) is 0.252. The maximum absolute atomic E-state index is 15.1. The van der Waals surface area contributed by atoms with E-state index >= 15 is 8.78 Å². The van der Waals surface area contributed by atoms with E-state index in [4.69, 9.17) is 32.0 Å². The standard InChI is InChI=1S/C29H27FN2O.C29H26FN2O.3C14H14N.CHF3O3S.2CH4O.2Ir/c2*1-16(2)24-13-20(14-25(17(3)4)27(24)30)19-11-12-31-26(15-19)23-8-6-7-21-22-10-9-18(5)32-29(22)33-28(21)23;3*1-11(2)12-6-8-13(9-7-12)14-5-3-4-10-15-14;2-1(3,4)8(5,6)7;2*1-2;;/h6-17H,1-5H3;6-7,9-17H,1-5H3;3*3-8,10-11H,1-2H3;(H,5,6,7);2*2H,1H3;;/q;4*-1;;;;;. The van der Waals surface area contributed by atoms with Crippen LogP contribution in [-0.2, 0) is 50.3 Å². The second-order valence-corrected chi connectivity index (χ2v) is 32.6. The van der Waals surface area contributed by atoms with Gasteiger partial charge in [-0.05, 0) is 196 Å². The minimum absolute atomic E-state index is 0. The van der Waals surface area contributed by atoms with E-state index in [2.05, 4.69) is 173 Å². The van der Waals surface area contributed by atoms with Gasteiger partial charge in [0, 0.05) is 119 Å². The molecule has 0 bridgehead atoms. The topological polar surface area (TPSA) is 211 Å². The fourth-order valence-electron chi connectivity index (χ4n) is 13.2. The van der Waals surface area contributed by atoms with Crippen molar-refractivity contribution in [3.63, 3.8) is 0 Å². The van der Waals surface area contributed by atoms with E-state index < -0.39 is 15.6 Å². The van der Waals surface area contributed by atoms with Crippen LogP contribution in [0.2, 0.25) is 0 Å². The minimum atomic E-state index is -5.84. The van der Waals surface area contributed by atoms with Crippen molar-refractivity contribution < 1.29 is 94.2 Å². The summed E-state index contributed by atoms with van der Waals surface area (Å²) in [6.07, 6.45) is 9.01. The van der Waals surface area contributed by atoms with E-state index in [1.54, 1.807) is 24.8 Å². The van der Waals surface area contributed by atoms with Crippen LogP contribution in [0, 0.1) is 49.7 Å². The first-order chi connectivity index (χ1) is 58.7. The Labute approximate surface area is 757 Å². The summed E-state index contributed by atoms with van der Waals surface area (Å²) in [5, 5.41) is 18.0. The van der Waals surface area contributed by atoms with Gasteiger partial charge in [-0.25, -0.2) is 18.7 Å². The quantitative estimate of drug-likeness (QED) is 0.0400. The third kappa shape index (κ3) is 26.3. The van der Waals surface area contributed by atoms with Crippen LogP contribution in [0.15, 0.2) is 252 Å². The Morgan fingerprint density at radius 1 is 0.360 bits per heavy atom. The molecule has 0 unspecified atom stereocenters. The molecule has 2 radical (unpaired) electrons. The number of nitrogens with zero attached hydrogens (tertiary/aromatic N) is 7. The van der Waals surface area contributed by atoms with Gasteiger partial charge < -0.3 is 39.0 Å². The van der Waals surface area contributed by atoms with Crippen molar-refractivity contribution >= 4 is 54.3 Å². The van der Waals surface area contributed by atoms with Crippen LogP contribution in [0.5, 0.6) is 0 Å². The molecule has 3 N–H and O–H groups in total. The van der Waals surface area contributed by atoms with Crippen molar-refractivity contribution in [3.8, 4) is 78.5 Å². The summed E-state index contributed by atoms with van der Waals surface area (Å²) in [5.74, 6) is 1.87. The Morgan fingerprint density at radius 2 is 0.704 bits per heavy atom. The molecule has 22 heteroatoms. The molecule has 0 aliphatic heterocycles. The molecule has 0 saturated heterocycles. The Balaban J connectivity index is 0.000000216. The van der Waals surface area contributed by atoms with Crippen LogP contribution in [0.1, 0.15) is 189 Å². The predicted molar refractivity (Wildman–Crippen MR) is 487 cm³/mol. The van der Waals surface area contributed by atoms with Crippen molar-refractivity contribution in [2.75, 3.05) is 14.2 Å². The molecule has 0 aliphatic carbocycles. The van der Waals surface area contributed by atoms with E-state index in [-0.39, 0.29) is 75.5 Å². The molecule has 0 fully saturated rings. The van der Waals surface area contributed by atoms with Crippen molar-refractivity contribution in [2.45, 2.75) is 158 Å². The Hall–Kier alpha value is -11.0. The largest absolute Gasteiger partial charge is 0.522 e. The second kappa shape index (κ2) is 46.8. The van der Waals surface area contributed by atoms with Gasteiger partial charge in [0.05, 0.1) is 11.3 Å². The van der Waals surface area contributed by atoms with Crippen LogP contribution in [0.4, 0.5) is 22.0 Å². The van der Waals surface area contributed by atoms with E-state index in [0.29, 0.717) is 29.2 Å².